The highest BCUT2D eigenvalue weighted by Gasteiger charge is 2.38. The fourth-order valence-corrected chi connectivity index (χ4v) is 4.47. The first-order chi connectivity index (χ1) is 14.4. The number of benzene rings is 1. The Kier molecular flexibility index (Phi) is 6.06. The molecule has 1 aromatic carbocycles. The molecule has 1 aliphatic carbocycles. The zero-order valence-electron chi connectivity index (χ0n) is 16.1. The van der Waals surface area contributed by atoms with Gasteiger partial charge in [0.2, 0.25) is 0 Å². The standard InChI is InChI=1S/C20H20Cl3N5O2/c1-30-19(24)13-5-12(6-16(13)29)28-9-26-18-15(7-17(23)27-20(18)28)25-8-10-4-11(21)2-3-14(10)22/h2-4,7,9,12-13,16,24,29H,5-6,8H2,1H3,(H,25,27)/t12?,13?,16-/m0/s1. The van der Waals surface area contributed by atoms with Gasteiger partial charge in [-0.2, -0.15) is 0 Å². The van der Waals surface area contributed by atoms with Crippen LogP contribution in [0.1, 0.15) is 24.4 Å². The van der Waals surface area contributed by atoms with Gasteiger partial charge in [-0.1, -0.05) is 34.8 Å². The number of methoxy groups -OCH3 is 1. The van der Waals surface area contributed by atoms with E-state index in [-0.39, 0.29) is 17.9 Å². The van der Waals surface area contributed by atoms with Crippen LogP contribution in [0, 0.1) is 11.3 Å². The summed E-state index contributed by atoms with van der Waals surface area (Å²) in [6, 6.07) is 6.95. The van der Waals surface area contributed by atoms with Crippen LogP contribution in [0.15, 0.2) is 30.6 Å². The number of imidazole rings is 1. The van der Waals surface area contributed by atoms with E-state index in [1.165, 1.54) is 7.11 Å². The second-order valence-corrected chi connectivity index (χ2v) is 8.50. The van der Waals surface area contributed by atoms with Crippen molar-refractivity contribution >= 4 is 57.6 Å². The molecule has 2 aromatic heterocycles. The molecule has 4 rings (SSSR count). The molecule has 3 atom stereocenters. The summed E-state index contributed by atoms with van der Waals surface area (Å²) in [6.45, 7) is 0.441. The molecule has 1 fully saturated rings. The van der Waals surface area contributed by atoms with Crippen LogP contribution in [-0.4, -0.2) is 38.8 Å². The van der Waals surface area contributed by atoms with Gasteiger partial charge < -0.3 is 19.7 Å². The van der Waals surface area contributed by atoms with Crippen LogP contribution >= 0.6 is 34.8 Å². The fourth-order valence-electron chi connectivity index (χ4n) is 3.90. The van der Waals surface area contributed by atoms with Crippen molar-refractivity contribution in [3.8, 4) is 0 Å². The van der Waals surface area contributed by atoms with E-state index < -0.39 is 6.10 Å². The number of fused-ring (bicyclic) bond motifs is 1. The maximum Gasteiger partial charge on any atom is 0.185 e. The van der Waals surface area contributed by atoms with Crippen molar-refractivity contribution in [3.05, 3.63) is 51.4 Å². The Morgan fingerprint density at radius 2 is 2.10 bits per heavy atom. The Bertz CT molecular complexity index is 1100. The van der Waals surface area contributed by atoms with Crippen molar-refractivity contribution in [1.29, 1.82) is 5.41 Å². The Morgan fingerprint density at radius 1 is 1.30 bits per heavy atom. The Balaban J connectivity index is 1.62. The molecule has 1 saturated carbocycles. The molecule has 0 amide bonds. The highest BCUT2D eigenvalue weighted by molar-refractivity contribution is 6.33. The number of hydrogen-bond acceptors (Lipinski definition) is 6. The molecule has 3 aromatic rings. The number of aliphatic hydroxyl groups is 1. The molecule has 10 heteroatoms. The lowest BCUT2D eigenvalue weighted by Crippen LogP contribution is -2.23. The molecule has 7 nitrogen and oxygen atoms in total. The molecule has 0 saturated heterocycles. The van der Waals surface area contributed by atoms with E-state index in [4.69, 9.17) is 44.9 Å². The van der Waals surface area contributed by atoms with Gasteiger partial charge in [0.15, 0.2) is 11.5 Å². The summed E-state index contributed by atoms with van der Waals surface area (Å²) in [5.74, 6) is -0.264. The topological polar surface area (TPSA) is 96.0 Å². The number of rotatable bonds is 5. The minimum Gasteiger partial charge on any atom is -0.484 e. The lowest BCUT2D eigenvalue weighted by Gasteiger charge is -2.14. The van der Waals surface area contributed by atoms with Crippen molar-refractivity contribution < 1.29 is 9.84 Å². The second-order valence-electron chi connectivity index (χ2n) is 7.27. The zero-order valence-corrected chi connectivity index (χ0v) is 18.3. The quantitative estimate of drug-likeness (QED) is 0.280. The summed E-state index contributed by atoms with van der Waals surface area (Å²) >= 11 is 18.6. The number of halogens is 3. The molecule has 30 heavy (non-hydrogen) atoms. The van der Waals surface area contributed by atoms with Crippen LogP contribution in [0.3, 0.4) is 0 Å². The predicted molar refractivity (Wildman–Crippen MR) is 119 cm³/mol. The van der Waals surface area contributed by atoms with Crippen LogP contribution in [-0.2, 0) is 11.3 Å². The molecular weight excluding hydrogens is 449 g/mol. The third-order valence-corrected chi connectivity index (χ3v) is 6.23. The second kappa shape index (κ2) is 8.59. The van der Waals surface area contributed by atoms with Crippen molar-refractivity contribution in [3.63, 3.8) is 0 Å². The van der Waals surface area contributed by atoms with Crippen molar-refractivity contribution in [2.24, 2.45) is 5.92 Å². The first-order valence-electron chi connectivity index (χ1n) is 9.38. The number of nitrogens with one attached hydrogen (secondary N) is 2. The molecule has 1 aliphatic rings. The molecule has 0 bridgehead atoms. The Labute approximate surface area is 188 Å². The van der Waals surface area contributed by atoms with Crippen molar-refractivity contribution in [1.82, 2.24) is 14.5 Å². The van der Waals surface area contributed by atoms with E-state index in [1.54, 1.807) is 30.6 Å². The molecule has 158 valence electrons. The summed E-state index contributed by atoms with van der Waals surface area (Å²) in [5.41, 5.74) is 2.85. The van der Waals surface area contributed by atoms with Gasteiger partial charge >= 0.3 is 0 Å². The van der Waals surface area contributed by atoms with E-state index in [0.717, 1.165) is 11.3 Å². The summed E-state index contributed by atoms with van der Waals surface area (Å²) in [5, 5.41) is 23.1. The maximum absolute atomic E-state index is 10.4. The van der Waals surface area contributed by atoms with Crippen LogP contribution in [0.5, 0.6) is 0 Å². The van der Waals surface area contributed by atoms with E-state index in [0.29, 0.717) is 45.7 Å². The van der Waals surface area contributed by atoms with Gasteiger partial charge in [0.05, 0.1) is 31.1 Å². The van der Waals surface area contributed by atoms with Crippen LogP contribution in [0.2, 0.25) is 15.2 Å². The highest BCUT2D eigenvalue weighted by Crippen LogP contribution is 2.38. The number of hydrogen-bond donors (Lipinski definition) is 3. The van der Waals surface area contributed by atoms with Gasteiger partial charge in [-0.15, -0.1) is 0 Å². The Hall–Kier alpha value is -2.06. The molecule has 2 heterocycles. The van der Waals surface area contributed by atoms with Gasteiger partial charge in [-0.3, -0.25) is 5.41 Å². The van der Waals surface area contributed by atoms with E-state index >= 15 is 0 Å². The summed E-state index contributed by atoms with van der Waals surface area (Å²) in [4.78, 5) is 8.98. The molecule has 0 aliphatic heterocycles. The van der Waals surface area contributed by atoms with E-state index in [9.17, 15) is 5.11 Å². The summed E-state index contributed by atoms with van der Waals surface area (Å²) < 4.78 is 6.93. The monoisotopic (exact) mass is 467 g/mol. The lowest BCUT2D eigenvalue weighted by atomic mass is 10.1. The van der Waals surface area contributed by atoms with Gasteiger partial charge in [-0.05, 0) is 36.6 Å². The van der Waals surface area contributed by atoms with Gasteiger partial charge in [0.25, 0.3) is 0 Å². The lowest BCUT2D eigenvalue weighted by molar-refractivity contribution is 0.146. The predicted octanol–water partition coefficient (Wildman–Crippen LogP) is 4.94. The van der Waals surface area contributed by atoms with Gasteiger partial charge in [0, 0.05) is 28.7 Å². The third kappa shape index (κ3) is 4.07. The molecule has 2 unspecified atom stereocenters. The molecular formula is C20H20Cl3N5O2. The normalized spacial score (nSPS) is 21.2. The van der Waals surface area contributed by atoms with Crippen LogP contribution in [0.4, 0.5) is 5.69 Å². The SMILES string of the molecule is COC(=N)C1CC(n2cnc3c(NCc4cc(Cl)ccc4Cl)cc(Cl)nc32)C[C@@H]1O. The zero-order chi connectivity index (χ0) is 21.4. The molecule has 0 spiro atoms. The fraction of sp³-hybridized carbons (Fsp3) is 0.350. The minimum absolute atomic E-state index is 0.0632. The number of ether oxygens (including phenoxy) is 1. The van der Waals surface area contributed by atoms with Crippen molar-refractivity contribution in [2.75, 3.05) is 12.4 Å². The highest BCUT2D eigenvalue weighted by atomic mass is 35.5. The number of aliphatic hydroxyl groups excluding tert-OH is 1. The maximum atomic E-state index is 10.4. The Morgan fingerprint density at radius 3 is 2.87 bits per heavy atom. The van der Waals surface area contributed by atoms with E-state index in [2.05, 4.69) is 15.3 Å². The summed E-state index contributed by atoms with van der Waals surface area (Å²) in [6.07, 6.45) is 2.09. The first-order valence-corrected chi connectivity index (χ1v) is 10.5. The smallest absolute Gasteiger partial charge is 0.185 e. The average Bonchev–Trinajstić information content (AvgIpc) is 3.31. The molecule has 3 N–H and O–H groups in total. The number of anilines is 1. The van der Waals surface area contributed by atoms with Crippen molar-refractivity contribution in [2.45, 2.75) is 31.5 Å². The van der Waals surface area contributed by atoms with Crippen LogP contribution < -0.4 is 5.32 Å². The number of pyridine rings is 1. The first kappa shape index (κ1) is 21.2. The van der Waals surface area contributed by atoms with Crippen LogP contribution in [0.25, 0.3) is 11.2 Å². The van der Waals surface area contributed by atoms with Gasteiger partial charge in [0.1, 0.15) is 10.7 Å². The largest absolute Gasteiger partial charge is 0.484 e. The minimum atomic E-state index is -0.651. The van der Waals surface area contributed by atoms with Gasteiger partial charge in [-0.25, -0.2) is 9.97 Å². The third-order valence-electron chi connectivity index (χ3n) is 5.43. The number of nitrogens with zero attached hydrogens (tertiary/aromatic N) is 3. The number of aromatic nitrogens is 3. The summed E-state index contributed by atoms with van der Waals surface area (Å²) in [7, 11) is 1.44. The van der Waals surface area contributed by atoms with E-state index in [1.807, 2.05) is 4.57 Å². The molecule has 0 radical (unpaired) electrons. The average molecular weight is 469 g/mol.